The number of allylic oxidation sites excluding steroid dienone is 2. The molecular weight excluding hydrogens is 156 g/mol. The van der Waals surface area contributed by atoms with Crippen molar-refractivity contribution >= 4 is 11.8 Å². The van der Waals surface area contributed by atoms with Crippen LogP contribution in [0.15, 0.2) is 11.1 Å². The van der Waals surface area contributed by atoms with Crippen LogP contribution in [0.5, 0.6) is 0 Å². The summed E-state index contributed by atoms with van der Waals surface area (Å²) < 4.78 is 0. The van der Waals surface area contributed by atoms with Gasteiger partial charge < -0.3 is 5.11 Å². The SMILES string of the molecule is CC(C)=C1CC(C(=O)O)CC1=O. The lowest BCUT2D eigenvalue weighted by atomic mass is 10.1. The van der Waals surface area contributed by atoms with E-state index in [2.05, 4.69) is 0 Å². The maximum atomic E-state index is 11.2. The lowest BCUT2D eigenvalue weighted by molar-refractivity contribution is -0.142. The Balaban J connectivity index is 2.83. The minimum atomic E-state index is -0.861. The standard InChI is InChI=1S/C9H12O3/c1-5(2)7-3-6(9(11)12)4-8(7)10/h6H,3-4H2,1-2H3,(H,11,12). The highest BCUT2D eigenvalue weighted by Crippen LogP contribution is 2.29. The normalized spacial score (nSPS) is 23.0. The molecule has 1 unspecified atom stereocenters. The summed E-state index contributed by atoms with van der Waals surface area (Å²) in [6, 6.07) is 0. The summed E-state index contributed by atoms with van der Waals surface area (Å²) in [5.74, 6) is -1.34. The third kappa shape index (κ3) is 1.55. The van der Waals surface area contributed by atoms with Crippen molar-refractivity contribution in [2.24, 2.45) is 5.92 Å². The maximum Gasteiger partial charge on any atom is 0.307 e. The van der Waals surface area contributed by atoms with Gasteiger partial charge >= 0.3 is 5.97 Å². The van der Waals surface area contributed by atoms with E-state index in [4.69, 9.17) is 5.11 Å². The van der Waals surface area contributed by atoms with Crippen molar-refractivity contribution in [1.82, 2.24) is 0 Å². The summed E-state index contributed by atoms with van der Waals surface area (Å²) in [7, 11) is 0. The molecule has 1 N–H and O–H groups in total. The number of hydrogen-bond donors (Lipinski definition) is 1. The maximum absolute atomic E-state index is 11.2. The van der Waals surface area contributed by atoms with Gasteiger partial charge in [-0.25, -0.2) is 0 Å². The summed E-state index contributed by atoms with van der Waals surface area (Å²) in [4.78, 5) is 21.7. The van der Waals surface area contributed by atoms with Crippen molar-refractivity contribution in [3.8, 4) is 0 Å². The van der Waals surface area contributed by atoms with Gasteiger partial charge in [0, 0.05) is 6.42 Å². The lowest BCUT2D eigenvalue weighted by Gasteiger charge is -1.98. The molecule has 1 rings (SSSR count). The lowest BCUT2D eigenvalue weighted by Crippen LogP contribution is -2.09. The molecular formula is C9H12O3. The molecule has 1 saturated carbocycles. The number of ketones is 1. The fourth-order valence-electron chi connectivity index (χ4n) is 1.44. The zero-order valence-corrected chi connectivity index (χ0v) is 7.26. The third-order valence-electron chi connectivity index (χ3n) is 2.17. The number of rotatable bonds is 1. The van der Waals surface area contributed by atoms with Gasteiger partial charge in [-0.2, -0.15) is 0 Å². The first-order valence-corrected chi connectivity index (χ1v) is 3.94. The number of carboxylic acids is 1. The third-order valence-corrected chi connectivity index (χ3v) is 2.17. The quantitative estimate of drug-likeness (QED) is 0.602. The van der Waals surface area contributed by atoms with Crippen LogP contribution in [0.3, 0.4) is 0 Å². The Hall–Kier alpha value is -1.12. The number of carboxylic acid groups (broad SMARTS) is 1. The number of carbonyl (C=O) groups is 2. The second-order valence-electron chi connectivity index (χ2n) is 3.35. The summed E-state index contributed by atoms with van der Waals surface area (Å²) >= 11 is 0. The molecule has 1 aliphatic carbocycles. The first-order chi connectivity index (χ1) is 5.52. The Morgan fingerprint density at radius 1 is 1.42 bits per heavy atom. The summed E-state index contributed by atoms with van der Waals surface area (Å²) in [6.45, 7) is 3.69. The Morgan fingerprint density at radius 3 is 2.25 bits per heavy atom. The van der Waals surface area contributed by atoms with Crippen molar-refractivity contribution in [1.29, 1.82) is 0 Å². The van der Waals surface area contributed by atoms with Crippen LogP contribution >= 0.6 is 0 Å². The van der Waals surface area contributed by atoms with Crippen molar-refractivity contribution in [2.75, 3.05) is 0 Å². The second-order valence-corrected chi connectivity index (χ2v) is 3.35. The minimum Gasteiger partial charge on any atom is -0.481 e. The van der Waals surface area contributed by atoms with Crippen molar-refractivity contribution in [3.63, 3.8) is 0 Å². The molecule has 0 radical (unpaired) electrons. The van der Waals surface area contributed by atoms with Crippen LogP contribution in [0, 0.1) is 5.92 Å². The van der Waals surface area contributed by atoms with Gasteiger partial charge in [0.25, 0.3) is 0 Å². The van der Waals surface area contributed by atoms with E-state index >= 15 is 0 Å². The van der Waals surface area contributed by atoms with Crippen LogP contribution in [0.2, 0.25) is 0 Å². The van der Waals surface area contributed by atoms with Gasteiger partial charge in [-0.15, -0.1) is 0 Å². The second kappa shape index (κ2) is 3.09. The van der Waals surface area contributed by atoms with Gasteiger partial charge in [-0.05, 0) is 25.8 Å². The van der Waals surface area contributed by atoms with E-state index in [1.165, 1.54) is 0 Å². The molecule has 0 bridgehead atoms. The zero-order chi connectivity index (χ0) is 9.30. The molecule has 1 aliphatic rings. The van der Waals surface area contributed by atoms with Gasteiger partial charge in [0.1, 0.15) is 0 Å². The van der Waals surface area contributed by atoms with Gasteiger partial charge in [-0.1, -0.05) is 5.57 Å². The summed E-state index contributed by atoms with van der Waals surface area (Å²) in [6.07, 6.45) is 0.590. The molecule has 0 saturated heterocycles. The van der Waals surface area contributed by atoms with E-state index in [1.807, 2.05) is 13.8 Å². The molecule has 12 heavy (non-hydrogen) atoms. The molecule has 0 heterocycles. The molecule has 1 fully saturated rings. The summed E-state index contributed by atoms with van der Waals surface area (Å²) in [5.41, 5.74) is 1.66. The molecule has 66 valence electrons. The van der Waals surface area contributed by atoms with Crippen molar-refractivity contribution in [2.45, 2.75) is 26.7 Å². The predicted octanol–water partition coefficient (Wildman–Crippen LogP) is 1.39. The first-order valence-electron chi connectivity index (χ1n) is 3.94. The smallest absolute Gasteiger partial charge is 0.307 e. The van der Waals surface area contributed by atoms with Crippen LogP contribution in [-0.4, -0.2) is 16.9 Å². The highest BCUT2D eigenvalue weighted by Gasteiger charge is 2.32. The number of Topliss-reactive ketones (excluding diaryl/α,β-unsaturated/α-hetero) is 1. The van der Waals surface area contributed by atoms with E-state index in [-0.39, 0.29) is 12.2 Å². The molecule has 3 heteroatoms. The highest BCUT2D eigenvalue weighted by atomic mass is 16.4. The Labute approximate surface area is 71.1 Å². The largest absolute Gasteiger partial charge is 0.481 e. The molecule has 1 atom stereocenters. The van der Waals surface area contributed by atoms with E-state index in [1.54, 1.807) is 0 Å². The van der Waals surface area contributed by atoms with E-state index < -0.39 is 11.9 Å². The number of aliphatic carboxylic acids is 1. The van der Waals surface area contributed by atoms with E-state index in [9.17, 15) is 9.59 Å². The average Bonchev–Trinajstić information content (AvgIpc) is 2.30. The van der Waals surface area contributed by atoms with Crippen molar-refractivity contribution in [3.05, 3.63) is 11.1 Å². The van der Waals surface area contributed by atoms with Gasteiger partial charge in [0.15, 0.2) is 5.78 Å². The Kier molecular flexibility index (Phi) is 2.31. The van der Waals surface area contributed by atoms with Gasteiger partial charge in [0.2, 0.25) is 0 Å². The van der Waals surface area contributed by atoms with Crippen molar-refractivity contribution < 1.29 is 14.7 Å². The number of carbonyl (C=O) groups excluding carboxylic acids is 1. The minimum absolute atomic E-state index is 0.00222. The van der Waals surface area contributed by atoms with Crippen LogP contribution < -0.4 is 0 Å². The topological polar surface area (TPSA) is 54.4 Å². The molecule has 0 spiro atoms. The van der Waals surface area contributed by atoms with E-state index in [0.717, 1.165) is 5.57 Å². The zero-order valence-electron chi connectivity index (χ0n) is 7.26. The first kappa shape index (κ1) is 8.97. The molecule has 0 aromatic heterocycles. The molecule has 0 aliphatic heterocycles. The number of hydrogen-bond acceptors (Lipinski definition) is 2. The van der Waals surface area contributed by atoms with Gasteiger partial charge in [0.05, 0.1) is 5.92 Å². The molecule has 3 nitrogen and oxygen atoms in total. The monoisotopic (exact) mass is 168 g/mol. The Morgan fingerprint density at radius 2 is 2.00 bits per heavy atom. The average molecular weight is 168 g/mol. The molecule has 0 aromatic carbocycles. The van der Waals surface area contributed by atoms with Crippen LogP contribution in [0.25, 0.3) is 0 Å². The summed E-state index contributed by atoms with van der Waals surface area (Å²) in [5, 5.41) is 8.66. The van der Waals surface area contributed by atoms with Crippen LogP contribution in [0.4, 0.5) is 0 Å². The van der Waals surface area contributed by atoms with Crippen LogP contribution in [-0.2, 0) is 9.59 Å². The van der Waals surface area contributed by atoms with E-state index in [0.29, 0.717) is 12.0 Å². The fraction of sp³-hybridized carbons (Fsp3) is 0.556. The molecule has 0 aromatic rings. The molecule has 0 amide bonds. The fourth-order valence-corrected chi connectivity index (χ4v) is 1.44. The Bertz CT molecular complexity index is 259. The van der Waals surface area contributed by atoms with Gasteiger partial charge in [-0.3, -0.25) is 9.59 Å². The van der Waals surface area contributed by atoms with Crippen LogP contribution in [0.1, 0.15) is 26.7 Å². The predicted molar refractivity (Wildman–Crippen MR) is 43.7 cm³/mol. The highest BCUT2D eigenvalue weighted by molar-refractivity contribution is 6.01.